The monoisotopic (exact) mass is 306 g/mol. The Labute approximate surface area is 134 Å². The first-order valence-corrected chi connectivity index (χ1v) is 7.97. The van der Waals surface area contributed by atoms with Gasteiger partial charge in [0.15, 0.2) is 0 Å². The van der Waals surface area contributed by atoms with E-state index < -0.39 is 0 Å². The van der Waals surface area contributed by atoms with Crippen molar-refractivity contribution in [2.24, 2.45) is 0 Å². The van der Waals surface area contributed by atoms with Crippen LogP contribution in [0.1, 0.15) is 30.8 Å². The molecule has 4 rings (SSSR count). The summed E-state index contributed by atoms with van der Waals surface area (Å²) in [4.78, 5) is 17.2. The molecule has 2 aromatic carbocycles. The molecule has 0 spiro atoms. The molecule has 4 heteroatoms. The van der Waals surface area contributed by atoms with Crippen molar-refractivity contribution in [1.82, 2.24) is 9.55 Å². The topological polar surface area (TPSA) is 44.1 Å². The highest BCUT2D eigenvalue weighted by molar-refractivity contribution is 5.79. The van der Waals surface area contributed by atoms with Crippen LogP contribution in [0.3, 0.4) is 0 Å². The van der Waals surface area contributed by atoms with Gasteiger partial charge in [0.05, 0.1) is 10.9 Å². The van der Waals surface area contributed by atoms with Gasteiger partial charge in [0.25, 0.3) is 5.56 Å². The quantitative estimate of drug-likeness (QED) is 0.744. The van der Waals surface area contributed by atoms with Crippen LogP contribution in [0.15, 0.2) is 53.3 Å². The summed E-state index contributed by atoms with van der Waals surface area (Å²) in [5.41, 5.74) is 1.90. The van der Waals surface area contributed by atoms with Crippen molar-refractivity contribution in [3.05, 3.63) is 70.3 Å². The molecule has 0 bridgehead atoms. The fourth-order valence-electron chi connectivity index (χ4n) is 3.13. The predicted octanol–water partition coefficient (Wildman–Crippen LogP) is 3.48. The molecule has 1 atom stereocenters. The number of rotatable bonds is 3. The van der Waals surface area contributed by atoms with Gasteiger partial charge < -0.3 is 4.74 Å². The van der Waals surface area contributed by atoms with Crippen LogP contribution in [0.25, 0.3) is 10.9 Å². The van der Waals surface area contributed by atoms with Crippen molar-refractivity contribution >= 4 is 10.9 Å². The van der Waals surface area contributed by atoms with E-state index in [1.54, 1.807) is 4.57 Å². The molecule has 1 aliphatic heterocycles. The lowest BCUT2D eigenvalue weighted by Crippen LogP contribution is -2.20. The summed E-state index contributed by atoms with van der Waals surface area (Å²) in [5.74, 6) is 1.60. The molecule has 4 nitrogen and oxygen atoms in total. The van der Waals surface area contributed by atoms with E-state index in [1.807, 2.05) is 55.5 Å². The molecule has 2 heterocycles. The summed E-state index contributed by atoms with van der Waals surface area (Å²) in [7, 11) is 0. The van der Waals surface area contributed by atoms with E-state index in [0.717, 1.165) is 36.3 Å². The maximum Gasteiger partial charge on any atom is 0.261 e. The van der Waals surface area contributed by atoms with Crippen LogP contribution < -0.4 is 10.3 Å². The van der Waals surface area contributed by atoms with Gasteiger partial charge in [-0.05, 0) is 37.1 Å². The molecule has 0 aliphatic carbocycles. The van der Waals surface area contributed by atoms with Gasteiger partial charge in [0.2, 0.25) is 0 Å². The number of aromatic nitrogens is 2. The molecule has 23 heavy (non-hydrogen) atoms. The zero-order chi connectivity index (χ0) is 15.8. The standard InChI is InChI=1S/C19H18N2O2/c1-13(14-6-3-2-4-7-14)23-15-9-10-17-16(12-15)19(22)21-11-5-8-18(21)20-17/h2-4,6-7,9-10,12-13H,5,8,11H2,1H3/t13-/m0/s1. The zero-order valence-corrected chi connectivity index (χ0v) is 13.0. The van der Waals surface area contributed by atoms with Gasteiger partial charge in [-0.25, -0.2) is 4.98 Å². The van der Waals surface area contributed by atoms with Gasteiger partial charge in [-0.3, -0.25) is 9.36 Å². The van der Waals surface area contributed by atoms with Crippen LogP contribution in [0.5, 0.6) is 5.75 Å². The smallest absolute Gasteiger partial charge is 0.261 e. The lowest BCUT2D eigenvalue weighted by molar-refractivity contribution is 0.227. The molecule has 0 saturated heterocycles. The Bertz CT molecular complexity index is 916. The Balaban J connectivity index is 1.71. The Morgan fingerprint density at radius 3 is 2.83 bits per heavy atom. The van der Waals surface area contributed by atoms with E-state index in [2.05, 4.69) is 4.98 Å². The van der Waals surface area contributed by atoms with Crippen LogP contribution >= 0.6 is 0 Å². The van der Waals surface area contributed by atoms with Crippen LogP contribution in [-0.2, 0) is 13.0 Å². The Morgan fingerprint density at radius 2 is 2.00 bits per heavy atom. The van der Waals surface area contributed by atoms with Crippen molar-refractivity contribution in [2.75, 3.05) is 0 Å². The molecule has 1 aliphatic rings. The number of hydrogen-bond donors (Lipinski definition) is 0. The number of aryl methyl sites for hydroxylation is 1. The lowest BCUT2D eigenvalue weighted by Gasteiger charge is -2.15. The van der Waals surface area contributed by atoms with Gasteiger partial charge in [-0.2, -0.15) is 0 Å². The molecule has 116 valence electrons. The van der Waals surface area contributed by atoms with E-state index >= 15 is 0 Å². The summed E-state index contributed by atoms with van der Waals surface area (Å²) in [5, 5.41) is 0.633. The van der Waals surface area contributed by atoms with E-state index in [-0.39, 0.29) is 11.7 Å². The van der Waals surface area contributed by atoms with Crippen LogP contribution in [0.4, 0.5) is 0 Å². The maximum absolute atomic E-state index is 12.6. The second-order valence-electron chi connectivity index (χ2n) is 5.94. The Hall–Kier alpha value is -2.62. The van der Waals surface area contributed by atoms with Crippen molar-refractivity contribution in [3.8, 4) is 5.75 Å². The Kier molecular flexibility index (Phi) is 3.37. The number of fused-ring (bicyclic) bond motifs is 2. The maximum atomic E-state index is 12.6. The SMILES string of the molecule is C[C@H](Oc1ccc2nc3n(c(=O)c2c1)CCC3)c1ccccc1. The number of hydrogen-bond acceptors (Lipinski definition) is 3. The summed E-state index contributed by atoms with van der Waals surface area (Å²) in [6.07, 6.45) is 1.81. The highest BCUT2D eigenvalue weighted by Gasteiger charge is 2.16. The molecular weight excluding hydrogens is 288 g/mol. The van der Waals surface area contributed by atoms with E-state index in [4.69, 9.17) is 4.74 Å². The molecular formula is C19H18N2O2. The molecule has 0 saturated carbocycles. The normalized spacial score (nSPS) is 14.7. The fourth-order valence-corrected chi connectivity index (χ4v) is 3.13. The summed E-state index contributed by atoms with van der Waals surface area (Å²) in [6.45, 7) is 2.77. The van der Waals surface area contributed by atoms with Crippen molar-refractivity contribution < 1.29 is 4.74 Å². The average molecular weight is 306 g/mol. The molecule has 1 aromatic heterocycles. The van der Waals surface area contributed by atoms with Gasteiger partial charge in [0.1, 0.15) is 17.7 Å². The third-order valence-electron chi connectivity index (χ3n) is 4.37. The minimum Gasteiger partial charge on any atom is -0.486 e. The minimum atomic E-state index is -0.0706. The molecule has 0 radical (unpaired) electrons. The van der Waals surface area contributed by atoms with Gasteiger partial charge in [-0.15, -0.1) is 0 Å². The van der Waals surface area contributed by atoms with Gasteiger partial charge in [0, 0.05) is 13.0 Å². The lowest BCUT2D eigenvalue weighted by atomic mass is 10.1. The number of ether oxygens (including phenoxy) is 1. The number of nitrogens with zero attached hydrogens (tertiary/aromatic N) is 2. The highest BCUT2D eigenvalue weighted by atomic mass is 16.5. The van der Waals surface area contributed by atoms with E-state index in [1.165, 1.54) is 0 Å². The predicted molar refractivity (Wildman–Crippen MR) is 89.8 cm³/mol. The Morgan fingerprint density at radius 1 is 1.17 bits per heavy atom. The second kappa shape index (κ2) is 5.54. The summed E-state index contributed by atoms with van der Waals surface area (Å²) in [6, 6.07) is 15.6. The summed E-state index contributed by atoms with van der Waals surface area (Å²) < 4.78 is 7.79. The first kappa shape index (κ1) is 14.0. The van der Waals surface area contributed by atoms with Crippen LogP contribution in [0, 0.1) is 0 Å². The first-order valence-electron chi connectivity index (χ1n) is 7.97. The molecule has 0 fully saturated rings. The summed E-state index contributed by atoms with van der Waals surface area (Å²) >= 11 is 0. The van der Waals surface area contributed by atoms with Crippen LogP contribution in [0.2, 0.25) is 0 Å². The fraction of sp³-hybridized carbons (Fsp3) is 0.263. The third-order valence-corrected chi connectivity index (χ3v) is 4.37. The first-order chi connectivity index (χ1) is 11.2. The van der Waals surface area contributed by atoms with E-state index in [0.29, 0.717) is 11.1 Å². The average Bonchev–Trinajstić information content (AvgIpc) is 3.05. The molecule has 0 unspecified atom stereocenters. The molecule has 3 aromatic rings. The largest absolute Gasteiger partial charge is 0.486 e. The van der Waals surface area contributed by atoms with E-state index in [9.17, 15) is 4.79 Å². The van der Waals surface area contributed by atoms with Gasteiger partial charge in [-0.1, -0.05) is 30.3 Å². The number of benzene rings is 2. The minimum absolute atomic E-state index is 0.0420. The van der Waals surface area contributed by atoms with Gasteiger partial charge >= 0.3 is 0 Å². The molecule has 0 amide bonds. The van der Waals surface area contributed by atoms with Crippen molar-refractivity contribution in [2.45, 2.75) is 32.4 Å². The van der Waals surface area contributed by atoms with Crippen LogP contribution in [-0.4, -0.2) is 9.55 Å². The van der Waals surface area contributed by atoms with Crippen molar-refractivity contribution in [1.29, 1.82) is 0 Å². The van der Waals surface area contributed by atoms with Crippen molar-refractivity contribution in [3.63, 3.8) is 0 Å². The third kappa shape index (κ3) is 2.50. The zero-order valence-electron chi connectivity index (χ0n) is 13.0. The second-order valence-corrected chi connectivity index (χ2v) is 5.94. The molecule has 0 N–H and O–H groups in total. The highest BCUT2D eigenvalue weighted by Crippen LogP contribution is 2.24.